The lowest BCUT2D eigenvalue weighted by Gasteiger charge is -2.27. The lowest BCUT2D eigenvalue weighted by Crippen LogP contribution is -2.34. The van der Waals surface area contributed by atoms with Gasteiger partial charge in [0.2, 0.25) is 5.91 Å². The number of hydrogen-bond donors (Lipinski definition) is 1. The molecule has 0 aromatic heterocycles. The molecule has 1 fully saturated rings. The molecule has 1 saturated carbocycles. The number of amides is 1. The lowest BCUT2D eigenvalue weighted by molar-refractivity contribution is -0.125. The highest BCUT2D eigenvalue weighted by Gasteiger charge is 2.27. The van der Waals surface area contributed by atoms with E-state index in [-0.39, 0.29) is 17.9 Å². The van der Waals surface area contributed by atoms with Crippen molar-refractivity contribution in [2.24, 2.45) is 5.92 Å². The first kappa shape index (κ1) is 12.1. The molecule has 3 rings (SSSR count). The van der Waals surface area contributed by atoms with Gasteiger partial charge in [0.05, 0.1) is 6.04 Å². The van der Waals surface area contributed by atoms with Crippen molar-refractivity contribution in [3.05, 3.63) is 29.8 Å². The van der Waals surface area contributed by atoms with Crippen molar-refractivity contribution >= 4 is 17.7 Å². The van der Waals surface area contributed by atoms with Crippen LogP contribution in [0.2, 0.25) is 0 Å². The Balaban J connectivity index is 1.72. The van der Waals surface area contributed by atoms with Gasteiger partial charge in [-0.3, -0.25) is 4.79 Å². The first-order valence-electron chi connectivity index (χ1n) is 6.87. The van der Waals surface area contributed by atoms with E-state index < -0.39 is 0 Å². The molecule has 0 radical (unpaired) electrons. The van der Waals surface area contributed by atoms with Gasteiger partial charge in [0.25, 0.3) is 0 Å². The second-order valence-corrected chi connectivity index (χ2v) is 6.35. The minimum atomic E-state index is 0.232. The monoisotopic (exact) mass is 261 g/mol. The van der Waals surface area contributed by atoms with Crippen molar-refractivity contribution in [2.45, 2.75) is 43.0 Å². The van der Waals surface area contributed by atoms with Crippen LogP contribution in [0.15, 0.2) is 29.2 Å². The molecule has 1 amide bonds. The van der Waals surface area contributed by atoms with Crippen LogP contribution in [0.3, 0.4) is 0 Å². The second-order valence-electron chi connectivity index (χ2n) is 5.22. The predicted molar refractivity (Wildman–Crippen MR) is 74.6 cm³/mol. The lowest BCUT2D eigenvalue weighted by atomic mass is 10.0. The number of nitrogens with one attached hydrogen (secondary N) is 1. The molecule has 2 nitrogen and oxygen atoms in total. The number of thioether (sulfide) groups is 1. The molecule has 0 unspecified atom stereocenters. The van der Waals surface area contributed by atoms with E-state index in [0.29, 0.717) is 0 Å². The van der Waals surface area contributed by atoms with Crippen LogP contribution in [-0.4, -0.2) is 11.7 Å². The zero-order valence-corrected chi connectivity index (χ0v) is 11.3. The summed E-state index contributed by atoms with van der Waals surface area (Å²) in [6.45, 7) is 0. The van der Waals surface area contributed by atoms with E-state index in [1.807, 2.05) is 11.8 Å². The van der Waals surface area contributed by atoms with Crippen molar-refractivity contribution in [3.63, 3.8) is 0 Å². The van der Waals surface area contributed by atoms with Crippen molar-refractivity contribution < 1.29 is 4.79 Å². The number of carbonyl (C=O) groups is 1. The number of hydrogen-bond acceptors (Lipinski definition) is 2. The first-order valence-corrected chi connectivity index (χ1v) is 7.85. The Labute approximate surface area is 113 Å². The summed E-state index contributed by atoms with van der Waals surface area (Å²) in [5.41, 5.74) is 1.31. The SMILES string of the molecule is O=C(N[C@@H]1CCSc2ccccc21)C1CCCC1. The Morgan fingerprint density at radius 2 is 1.94 bits per heavy atom. The second kappa shape index (κ2) is 5.35. The van der Waals surface area contributed by atoms with Crippen LogP contribution >= 0.6 is 11.8 Å². The fourth-order valence-corrected chi connectivity index (χ4v) is 4.09. The molecule has 1 aliphatic heterocycles. The Morgan fingerprint density at radius 3 is 2.78 bits per heavy atom. The van der Waals surface area contributed by atoms with Gasteiger partial charge in [-0.25, -0.2) is 0 Å². The van der Waals surface area contributed by atoms with Crippen LogP contribution in [0.4, 0.5) is 0 Å². The maximum Gasteiger partial charge on any atom is 0.223 e. The van der Waals surface area contributed by atoms with Crippen molar-refractivity contribution in [3.8, 4) is 0 Å². The van der Waals surface area contributed by atoms with E-state index in [9.17, 15) is 4.79 Å². The zero-order chi connectivity index (χ0) is 12.4. The average Bonchev–Trinajstić information content (AvgIpc) is 2.93. The highest BCUT2D eigenvalue weighted by molar-refractivity contribution is 7.99. The first-order chi connectivity index (χ1) is 8.84. The molecule has 0 bridgehead atoms. The quantitative estimate of drug-likeness (QED) is 0.882. The summed E-state index contributed by atoms with van der Waals surface area (Å²) in [5.74, 6) is 1.65. The molecular weight excluding hydrogens is 242 g/mol. The Morgan fingerprint density at radius 1 is 1.17 bits per heavy atom. The third-order valence-electron chi connectivity index (χ3n) is 4.00. The molecule has 96 valence electrons. The van der Waals surface area contributed by atoms with Crippen LogP contribution in [0.1, 0.15) is 43.7 Å². The molecule has 18 heavy (non-hydrogen) atoms. The van der Waals surface area contributed by atoms with Gasteiger partial charge in [-0.1, -0.05) is 31.0 Å². The van der Waals surface area contributed by atoms with E-state index in [0.717, 1.165) is 25.0 Å². The maximum absolute atomic E-state index is 12.2. The summed E-state index contributed by atoms with van der Waals surface area (Å²) >= 11 is 1.90. The Kier molecular flexibility index (Phi) is 3.59. The molecule has 0 spiro atoms. The topological polar surface area (TPSA) is 29.1 Å². The molecule has 1 heterocycles. The highest BCUT2D eigenvalue weighted by Crippen LogP contribution is 2.36. The summed E-state index contributed by atoms with van der Waals surface area (Å²) in [6.07, 6.45) is 5.65. The molecule has 1 aromatic rings. The summed E-state index contributed by atoms with van der Waals surface area (Å²) in [6, 6.07) is 8.69. The minimum Gasteiger partial charge on any atom is -0.349 e. The molecule has 3 heteroatoms. The van der Waals surface area contributed by atoms with Gasteiger partial charge >= 0.3 is 0 Å². The fourth-order valence-electron chi connectivity index (χ4n) is 2.97. The molecule has 1 atom stereocenters. The van der Waals surface area contributed by atoms with E-state index in [1.165, 1.54) is 23.3 Å². The number of benzene rings is 1. The molecule has 1 aromatic carbocycles. The van der Waals surface area contributed by atoms with Gasteiger partial charge in [-0.05, 0) is 30.9 Å². The summed E-state index contributed by atoms with van der Waals surface area (Å²) < 4.78 is 0. The van der Waals surface area contributed by atoms with E-state index >= 15 is 0 Å². The molecule has 1 aliphatic carbocycles. The van der Waals surface area contributed by atoms with Crippen LogP contribution < -0.4 is 5.32 Å². The van der Waals surface area contributed by atoms with Crippen molar-refractivity contribution in [1.82, 2.24) is 5.32 Å². The third kappa shape index (κ3) is 2.41. The number of rotatable bonds is 2. The van der Waals surface area contributed by atoms with Crippen LogP contribution in [0, 0.1) is 5.92 Å². The molecule has 1 N–H and O–H groups in total. The standard InChI is InChI=1S/C15H19NOS/c17-15(11-5-1-2-6-11)16-13-9-10-18-14-8-4-3-7-12(13)14/h3-4,7-8,11,13H,1-2,5-6,9-10H2,(H,16,17)/t13-/m1/s1. The van der Waals surface area contributed by atoms with Gasteiger partial charge in [0.1, 0.15) is 0 Å². The normalized spacial score (nSPS) is 23.7. The van der Waals surface area contributed by atoms with Gasteiger partial charge < -0.3 is 5.32 Å². The van der Waals surface area contributed by atoms with Gasteiger partial charge in [-0.15, -0.1) is 11.8 Å². The number of fused-ring (bicyclic) bond motifs is 1. The summed E-state index contributed by atoms with van der Waals surface area (Å²) in [4.78, 5) is 13.5. The summed E-state index contributed by atoms with van der Waals surface area (Å²) in [7, 11) is 0. The van der Waals surface area contributed by atoms with Crippen LogP contribution in [0.5, 0.6) is 0 Å². The maximum atomic E-state index is 12.2. The zero-order valence-electron chi connectivity index (χ0n) is 10.5. The van der Waals surface area contributed by atoms with Crippen molar-refractivity contribution in [1.29, 1.82) is 0 Å². The average molecular weight is 261 g/mol. The molecule has 2 aliphatic rings. The minimum absolute atomic E-state index is 0.232. The highest BCUT2D eigenvalue weighted by atomic mass is 32.2. The summed E-state index contributed by atoms with van der Waals surface area (Å²) in [5, 5.41) is 3.26. The van der Waals surface area contributed by atoms with Gasteiger partial charge in [0, 0.05) is 16.6 Å². The number of carbonyl (C=O) groups excluding carboxylic acids is 1. The van der Waals surface area contributed by atoms with Crippen LogP contribution in [0.25, 0.3) is 0 Å². The van der Waals surface area contributed by atoms with Crippen LogP contribution in [-0.2, 0) is 4.79 Å². The Bertz CT molecular complexity index is 440. The smallest absolute Gasteiger partial charge is 0.223 e. The third-order valence-corrected chi connectivity index (χ3v) is 5.12. The van der Waals surface area contributed by atoms with E-state index in [1.54, 1.807) is 0 Å². The van der Waals surface area contributed by atoms with E-state index in [2.05, 4.69) is 29.6 Å². The van der Waals surface area contributed by atoms with E-state index in [4.69, 9.17) is 0 Å². The van der Waals surface area contributed by atoms with Gasteiger partial charge in [-0.2, -0.15) is 0 Å². The molecule has 0 saturated heterocycles. The molecular formula is C15H19NOS. The van der Waals surface area contributed by atoms with Crippen molar-refractivity contribution in [2.75, 3.05) is 5.75 Å². The Hall–Kier alpha value is -0.960. The largest absolute Gasteiger partial charge is 0.349 e. The predicted octanol–water partition coefficient (Wildman–Crippen LogP) is 3.53. The fraction of sp³-hybridized carbons (Fsp3) is 0.533. The van der Waals surface area contributed by atoms with Gasteiger partial charge in [0.15, 0.2) is 0 Å².